The van der Waals surface area contributed by atoms with Gasteiger partial charge < -0.3 is 4.52 Å². The summed E-state index contributed by atoms with van der Waals surface area (Å²) in [5.41, 5.74) is 0.882. The molecule has 9 heteroatoms. The highest BCUT2D eigenvalue weighted by atomic mass is 32.2. The Morgan fingerprint density at radius 3 is 2.32 bits per heavy atom. The largest absolute Gasteiger partial charge is 0.338 e. The second-order valence-electron chi connectivity index (χ2n) is 6.51. The Morgan fingerprint density at radius 2 is 1.64 bits per heavy atom. The number of hydrogen-bond acceptors (Lipinski definition) is 6. The lowest BCUT2D eigenvalue weighted by molar-refractivity contribution is 0.163. The molecule has 0 saturated carbocycles. The molecule has 1 aliphatic rings. The lowest BCUT2D eigenvalue weighted by atomic mass is 10.2. The molecular formula is C19H19FN4O3S. The summed E-state index contributed by atoms with van der Waals surface area (Å²) in [5.74, 6) is 0.569. The SMILES string of the molecule is O=S(=O)(c1ccc(F)cc1)N1CCN(Cc2nc(-c3ccccc3)no2)CC1. The van der Waals surface area contributed by atoms with Crippen molar-refractivity contribution in [3.63, 3.8) is 0 Å². The molecule has 28 heavy (non-hydrogen) atoms. The van der Waals surface area contributed by atoms with Crippen molar-refractivity contribution < 1.29 is 17.3 Å². The number of nitrogens with zero attached hydrogens (tertiary/aromatic N) is 4. The third-order valence-corrected chi connectivity index (χ3v) is 6.55. The summed E-state index contributed by atoms with van der Waals surface area (Å²) >= 11 is 0. The summed E-state index contributed by atoms with van der Waals surface area (Å²) in [7, 11) is -3.62. The fourth-order valence-corrected chi connectivity index (χ4v) is 4.52. The zero-order valence-corrected chi connectivity index (χ0v) is 15.8. The molecule has 1 saturated heterocycles. The van der Waals surface area contributed by atoms with Crippen LogP contribution in [0, 0.1) is 5.82 Å². The molecule has 0 spiro atoms. The van der Waals surface area contributed by atoms with Gasteiger partial charge in [0, 0.05) is 31.7 Å². The van der Waals surface area contributed by atoms with Crippen LogP contribution in [0.3, 0.4) is 0 Å². The van der Waals surface area contributed by atoms with Crippen LogP contribution >= 0.6 is 0 Å². The van der Waals surface area contributed by atoms with Crippen LogP contribution in [-0.2, 0) is 16.6 Å². The van der Waals surface area contributed by atoms with Gasteiger partial charge in [-0.1, -0.05) is 35.5 Å². The summed E-state index contributed by atoms with van der Waals surface area (Å²) in [5, 5.41) is 4.00. The fourth-order valence-electron chi connectivity index (χ4n) is 3.10. The van der Waals surface area contributed by atoms with E-state index in [-0.39, 0.29) is 4.90 Å². The van der Waals surface area contributed by atoms with Gasteiger partial charge in [0.2, 0.25) is 21.7 Å². The molecule has 2 aromatic carbocycles. The smallest absolute Gasteiger partial charge is 0.243 e. The quantitative estimate of drug-likeness (QED) is 0.652. The molecule has 1 aliphatic heterocycles. The van der Waals surface area contributed by atoms with Crippen molar-refractivity contribution in [3.05, 3.63) is 66.3 Å². The van der Waals surface area contributed by atoms with E-state index in [0.29, 0.717) is 44.4 Å². The number of sulfonamides is 1. The van der Waals surface area contributed by atoms with Crippen molar-refractivity contribution >= 4 is 10.0 Å². The molecule has 0 atom stereocenters. The molecule has 146 valence electrons. The molecule has 1 aromatic heterocycles. The number of rotatable bonds is 5. The molecule has 0 bridgehead atoms. The molecule has 0 aliphatic carbocycles. The Balaban J connectivity index is 1.37. The van der Waals surface area contributed by atoms with E-state index in [4.69, 9.17) is 4.52 Å². The molecular weight excluding hydrogens is 383 g/mol. The van der Waals surface area contributed by atoms with Crippen molar-refractivity contribution in [2.75, 3.05) is 26.2 Å². The zero-order chi connectivity index (χ0) is 19.6. The van der Waals surface area contributed by atoms with E-state index in [0.717, 1.165) is 17.7 Å². The van der Waals surface area contributed by atoms with Gasteiger partial charge in [-0.2, -0.15) is 9.29 Å². The second-order valence-corrected chi connectivity index (χ2v) is 8.45. The number of piperazine rings is 1. The first-order valence-electron chi connectivity index (χ1n) is 8.88. The third-order valence-electron chi connectivity index (χ3n) is 4.64. The van der Waals surface area contributed by atoms with Crippen molar-refractivity contribution in [2.45, 2.75) is 11.4 Å². The Kier molecular flexibility index (Phi) is 5.21. The minimum Gasteiger partial charge on any atom is -0.338 e. The second kappa shape index (κ2) is 7.78. The summed E-state index contributed by atoms with van der Waals surface area (Å²) in [4.78, 5) is 6.58. The lowest BCUT2D eigenvalue weighted by Crippen LogP contribution is -2.48. The average Bonchev–Trinajstić information content (AvgIpc) is 3.18. The molecule has 0 amide bonds. The molecule has 1 fully saturated rings. The Labute approximate surface area is 162 Å². The number of benzene rings is 2. The van der Waals surface area contributed by atoms with Crippen LogP contribution in [0.4, 0.5) is 4.39 Å². The monoisotopic (exact) mass is 402 g/mol. The van der Waals surface area contributed by atoms with Crippen LogP contribution in [0.5, 0.6) is 0 Å². The van der Waals surface area contributed by atoms with Crippen molar-refractivity contribution in [3.8, 4) is 11.4 Å². The van der Waals surface area contributed by atoms with Crippen LogP contribution < -0.4 is 0 Å². The summed E-state index contributed by atoms with van der Waals surface area (Å²) in [6.45, 7) is 2.25. The third kappa shape index (κ3) is 3.96. The van der Waals surface area contributed by atoms with E-state index in [1.807, 2.05) is 30.3 Å². The first kappa shape index (κ1) is 18.7. The molecule has 0 unspecified atom stereocenters. The molecule has 4 rings (SSSR count). The molecule has 3 aromatic rings. The Bertz CT molecular complexity index is 1030. The summed E-state index contributed by atoms with van der Waals surface area (Å²) in [6, 6.07) is 14.5. The van der Waals surface area contributed by atoms with Gasteiger partial charge >= 0.3 is 0 Å². The van der Waals surface area contributed by atoms with Gasteiger partial charge in [-0.05, 0) is 24.3 Å². The van der Waals surface area contributed by atoms with E-state index in [9.17, 15) is 12.8 Å². The maximum atomic E-state index is 13.1. The Morgan fingerprint density at radius 1 is 0.964 bits per heavy atom. The predicted octanol–water partition coefficient (Wildman–Crippen LogP) is 2.38. The molecule has 2 heterocycles. The first-order valence-corrected chi connectivity index (χ1v) is 10.3. The van der Waals surface area contributed by atoms with Gasteiger partial charge in [0.25, 0.3) is 0 Å². The van der Waals surface area contributed by atoms with Gasteiger partial charge in [0.15, 0.2) is 0 Å². The van der Waals surface area contributed by atoms with Gasteiger partial charge in [-0.15, -0.1) is 0 Å². The van der Waals surface area contributed by atoms with E-state index >= 15 is 0 Å². The van der Waals surface area contributed by atoms with Gasteiger partial charge in [-0.25, -0.2) is 12.8 Å². The zero-order valence-electron chi connectivity index (χ0n) is 15.0. The van der Waals surface area contributed by atoms with Crippen LogP contribution in [0.25, 0.3) is 11.4 Å². The van der Waals surface area contributed by atoms with Crippen LogP contribution in [0.1, 0.15) is 5.89 Å². The van der Waals surface area contributed by atoms with E-state index < -0.39 is 15.8 Å². The fraction of sp³-hybridized carbons (Fsp3) is 0.263. The van der Waals surface area contributed by atoms with Crippen molar-refractivity contribution in [1.82, 2.24) is 19.3 Å². The molecule has 0 radical (unpaired) electrons. The van der Waals surface area contributed by atoms with E-state index in [2.05, 4.69) is 15.0 Å². The predicted molar refractivity (Wildman–Crippen MR) is 100 cm³/mol. The highest BCUT2D eigenvalue weighted by Gasteiger charge is 2.29. The standard InChI is InChI=1S/C19H19FN4O3S/c20-16-6-8-17(9-7-16)28(25,26)24-12-10-23(11-13-24)14-18-21-19(22-27-18)15-4-2-1-3-5-15/h1-9H,10-14H2. The van der Waals surface area contributed by atoms with E-state index in [1.165, 1.54) is 16.4 Å². The van der Waals surface area contributed by atoms with Crippen LogP contribution in [0.15, 0.2) is 64.0 Å². The number of halogens is 1. The minimum atomic E-state index is -3.62. The molecule has 7 nitrogen and oxygen atoms in total. The summed E-state index contributed by atoms with van der Waals surface area (Å²) in [6.07, 6.45) is 0. The highest BCUT2D eigenvalue weighted by Crippen LogP contribution is 2.20. The number of aromatic nitrogens is 2. The van der Waals surface area contributed by atoms with E-state index in [1.54, 1.807) is 0 Å². The van der Waals surface area contributed by atoms with Gasteiger partial charge in [-0.3, -0.25) is 4.90 Å². The lowest BCUT2D eigenvalue weighted by Gasteiger charge is -2.33. The van der Waals surface area contributed by atoms with Crippen molar-refractivity contribution in [1.29, 1.82) is 0 Å². The average molecular weight is 402 g/mol. The maximum absolute atomic E-state index is 13.1. The topological polar surface area (TPSA) is 79.5 Å². The normalized spacial score (nSPS) is 16.3. The van der Waals surface area contributed by atoms with Crippen LogP contribution in [-0.4, -0.2) is 53.9 Å². The van der Waals surface area contributed by atoms with Gasteiger partial charge in [0.05, 0.1) is 11.4 Å². The molecule has 0 N–H and O–H groups in total. The maximum Gasteiger partial charge on any atom is 0.243 e. The number of hydrogen-bond donors (Lipinski definition) is 0. The minimum absolute atomic E-state index is 0.103. The Hall–Kier alpha value is -2.62. The van der Waals surface area contributed by atoms with Crippen molar-refractivity contribution in [2.24, 2.45) is 0 Å². The van der Waals surface area contributed by atoms with Crippen LogP contribution in [0.2, 0.25) is 0 Å². The summed E-state index contributed by atoms with van der Waals surface area (Å²) < 4.78 is 45.1. The highest BCUT2D eigenvalue weighted by molar-refractivity contribution is 7.89. The van der Waals surface area contributed by atoms with Gasteiger partial charge in [0.1, 0.15) is 5.82 Å². The first-order chi connectivity index (χ1) is 13.5.